The Bertz CT molecular complexity index is 759. The average molecular weight is 377 g/mol. The van der Waals surface area contributed by atoms with E-state index in [1.165, 1.54) is 6.07 Å². The van der Waals surface area contributed by atoms with Gasteiger partial charge in [-0.15, -0.1) is 0 Å². The molecule has 0 unspecified atom stereocenters. The third-order valence-electron chi connectivity index (χ3n) is 3.00. The zero-order chi connectivity index (χ0) is 16.7. The molecular weight excluding hydrogens is 368 g/mol. The molecule has 0 fully saturated rings. The molecular formula is C14H9BrF4N2O. The lowest BCUT2D eigenvalue weighted by Gasteiger charge is -2.16. The van der Waals surface area contributed by atoms with Gasteiger partial charge in [-0.1, -0.05) is 15.9 Å². The van der Waals surface area contributed by atoms with Gasteiger partial charge in [-0.25, -0.2) is 4.39 Å². The molecule has 0 aliphatic carbocycles. The first-order valence-corrected chi connectivity index (χ1v) is 6.74. The lowest BCUT2D eigenvalue weighted by Crippen LogP contribution is -2.18. The maximum absolute atomic E-state index is 14.2. The lowest BCUT2D eigenvalue weighted by atomic mass is 9.96. The van der Waals surface area contributed by atoms with E-state index in [9.17, 15) is 22.4 Å². The Hall–Kier alpha value is -1.96. The van der Waals surface area contributed by atoms with Crippen LogP contribution in [0, 0.1) is 12.7 Å². The summed E-state index contributed by atoms with van der Waals surface area (Å²) in [5.41, 5.74) is 2.74. The molecule has 22 heavy (non-hydrogen) atoms. The third kappa shape index (κ3) is 2.96. The van der Waals surface area contributed by atoms with Crippen molar-refractivity contribution in [2.24, 2.45) is 5.73 Å². The summed E-state index contributed by atoms with van der Waals surface area (Å²) in [5.74, 6) is -2.00. The highest BCUT2D eigenvalue weighted by Crippen LogP contribution is 2.39. The van der Waals surface area contributed by atoms with Gasteiger partial charge in [-0.05, 0) is 30.7 Å². The van der Waals surface area contributed by atoms with E-state index in [4.69, 9.17) is 5.73 Å². The van der Waals surface area contributed by atoms with Gasteiger partial charge in [0.25, 0.3) is 0 Å². The molecule has 8 heteroatoms. The SMILES string of the molecule is Cc1cc(F)c(-c2c(C(N)=O)ccnc2C(F)(F)F)cc1Br. The number of alkyl halides is 3. The van der Waals surface area contributed by atoms with Crippen LogP contribution in [0.3, 0.4) is 0 Å². The number of primary amides is 1. The van der Waals surface area contributed by atoms with Gasteiger partial charge in [0.1, 0.15) is 5.82 Å². The number of aryl methyl sites for hydroxylation is 1. The van der Waals surface area contributed by atoms with Crippen LogP contribution in [0.4, 0.5) is 17.6 Å². The molecule has 2 rings (SSSR count). The fourth-order valence-electron chi connectivity index (χ4n) is 1.99. The van der Waals surface area contributed by atoms with E-state index in [2.05, 4.69) is 20.9 Å². The van der Waals surface area contributed by atoms with Crippen molar-refractivity contribution < 1.29 is 22.4 Å². The Kier molecular flexibility index (Phi) is 4.23. The molecule has 1 aromatic heterocycles. The summed E-state index contributed by atoms with van der Waals surface area (Å²) >= 11 is 3.13. The molecule has 1 amide bonds. The number of pyridine rings is 1. The summed E-state index contributed by atoms with van der Waals surface area (Å²) in [5, 5.41) is 0. The van der Waals surface area contributed by atoms with Crippen LogP contribution >= 0.6 is 15.9 Å². The van der Waals surface area contributed by atoms with Crippen molar-refractivity contribution in [3.05, 3.63) is 51.5 Å². The fraction of sp³-hybridized carbons (Fsp3) is 0.143. The number of carbonyl (C=O) groups excluding carboxylic acids is 1. The number of hydrogen-bond acceptors (Lipinski definition) is 2. The van der Waals surface area contributed by atoms with E-state index < -0.39 is 40.3 Å². The molecule has 0 radical (unpaired) electrons. The average Bonchev–Trinajstić information content (AvgIpc) is 2.41. The van der Waals surface area contributed by atoms with Crippen molar-refractivity contribution in [1.82, 2.24) is 4.98 Å². The Labute approximate surface area is 131 Å². The fourth-order valence-corrected chi connectivity index (χ4v) is 2.34. The molecule has 0 bridgehead atoms. The van der Waals surface area contributed by atoms with Crippen molar-refractivity contribution in [2.75, 3.05) is 0 Å². The van der Waals surface area contributed by atoms with Gasteiger partial charge in [-0.2, -0.15) is 13.2 Å². The summed E-state index contributed by atoms with van der Waals surface area (Å²) < 4.78 is 54.0. The predicted molar refractivity (Wildman–Crippen MR) is 75.6 cm³/mol. The van der Waals surface area contributed by atoms with Gasteiger partial charge in [0.2, 0.25) is 5.91 Å². The standard InChI is InChI=1S/C14H9BrF4N2O/c1-6-4-10(16)8(5-9(6)15)11-7(13(20)22)2-3-21-12(11)14(17,18)19/h2-5H,1H3,(H2,20,22). The number of benzene rings is 1. The van der Waals surface area contributed by atoms with Crippen LogP contribution < -0.4 is 5.73 Å². The highest BCUT2D eigenvalue weighted by Gasteiger charge is 2.38. The maximum Gasteiger partial charge on any atom is 0.433 e. The summed E-state index contributed by atoms with van der Waals surface area (Å²) in [6.07, 6.45) is -4.04. The van der Waals surface area contributed by atoms with Gasteiger partial charge >= 0.3 is 6.18 Å². The molecule has 0 aliphatic rings. The molecule has 1 heterocycles. The number of nitrogens with two attached hydrogens (primary N) is 1. The summed E-state index contributed by atoms with van der Waals surface area (Å²) in [7, 11) is 0. The topological polar surface area (TPSA) is 56.0 Å². The monoisotopic (exact) mass is 376 g/mol. The minimum absolute atomic E-state index is 0.397. The van der Waals surface area contributed by atoms with Crippen molar-refractivity contribution in [3.8, 4) is 11.1 Å². The molecule has 1 aromatic carbocycles. The zero-order valence-electron chi connectivity index (χ0n) is 11.1. The van der Waals surface area contributed by atoms with E-state index in [1.807, 2.05) is 0 Å². The minimum Gasteiger partial charge on any atom is -0.366 e. The second-order valence-electron chi connectivity index (χ2n) is 4.53. The highest BCUT2D eigenvalue weighted by molar-refractivity contribution is 9.10. The number of carbonyl (C=O) groups is 1. The molecule has 0 atom stereocenters. The minimum atomic E-state index is -4.86. The van der Waals surface area contributed by atoms with E-state index in [-0.39, 0.29) is 0 Å². The largest absolute Gasteiger partial charge is 0.433 e. The molecule has 0 aliphatic heterocycles. The summed E-state index contributed by atoms with van der Waals surface area (Å²) in [4.78, 5) is 14.7. The van der Waals surface area contributed by atoms with Crippen molar-refractivity contribution >= 4 is 21.8 Å². The first-order chi connectivity index (χ1) is 10.1. The van der Waals surface area contributed by atoms with Gasteiger partial charge in [-0.3, -0.25) is 9.78 Å². The lowest BCUT2D eigenvalue weighted by molar-refractivity contribution is -0.140. The van der Waals surface area contributed by atoms with Crippen molar-refractivity contribution in [2.45, 2.75) is 13.1 Å². The first-order valence-electron chi connectivity index (χ1n) is 5.95. The van der Waals surface area contributed by atoms with Gasteiger partial charge in [0, 0.05) is 21.8 Å². The van der Waals surface area contributed by atoms with E-state index in [1.54, 1.807) is 6.92 Å². The van der Waals surface area contributed by atoms with E-state index in [0.717, 1.165) is 18.3 Å². The molecule has 0 spiro atoms. The van der Waals surface area contributed by atoms with E-state index >= 15 is 0 Å². The third-order valence-corrected chi connectivity index (χ3v) is 3.86. The van der Waals surface area contributed by atoms with Gasteiger partial charge < -0.3 is 5.73 Å². The normalized spacial score (nSPS) is 11.5. The van der Waals surface area contributed by atoms with Crippen molar-refractivity contribution in [1.29, 1.82) is 0 Å². The van der Waals surface area contributed by atoms with Crippen LogP contribution in [-0.2, 0) is 6.18 Å². The quantitative estimate of drug-likeness (QED) is 0.803. The highest BCUT2D eigenvalue weighted by atomic mass is 79.9. The smallest absolute Gasteiger partial charge is 0.366 e. The molecule has 0 saturated heterocycles. The van der Waals surface area contributed by atoms with E-state index in [0.29, 0.717) is 10.0 Å². The number of hydrogen-bond donors (Lipinski definition) is 1. The molecule has 0 saturated carbocycles. The second kappa shape index (κ2) is 5.68. The Morgan fingerprint density at radius 2 is 1.95 bits per heavy atom. The van der Waals surface area contributed by atoms with Crippen LogP contribution in [0.1, 0.15) is 21.6 Å². The Balaban J connectivity index is 2.89. The molecule has 116 valence electrons. The number of aromatic nitrogens is 1. The zero-order valence-corrected chi connectivity index (χ0v) is 12.7. The van der Waals surface area contributed by atoms with Crippen molar-refractivity contribution in [3.63, 3.8) is 0 Å². The predicted octanol–water partition coefficient (Wildman–Crippen LogP) is 4.08. The number of rotatable bonds is 2. The maximum atomic E-state index is 14.2. The molecule has 3 nitrogen and oxygen atoms in total. The van der Waals surface area contributed by atoms with Crippen LogP contribution in [0.25, 0.3) is 11.1 Å². The van der Waals surface area contributed by atoms with Crippen LogP contribution in [-0.4, -0.2) is 10.9 Å². The van der Waals surface area contributed by atoms with Crippen LogP contribution in [0.5, 0.6) is 0 Å². The molecule has 2 N–H and O–H groups in total. The Morgan fingerprint density at radius 1 is 1.32 bits per heavy atom. The number of halogens is 5. The second-order valence-corrected chi connectivity index (χ2v) is 5.38. The summed E-state index contributed by atoms with van der Waals surface area (Å²) in [6.45, 7) is 1.58. The van der Waals surface area contributed by atoms with Crippen LogP contribution in [0.15, 0.2) is 28.9 Å². The van der Waals surface area contributed by atoms with Gasteiger partial charge in [0.15, 0.2) is 5.69 Å². The number of nitrogens with zero attached hydrogens (tertiary/aromatic N) is 1. The van der Waals surface area contributed by atoms with Gasteiger partial charge in [0.05, 0.1) is 5.56 Å². The van der Waals surface area contributed by atoms with Crippen LogP contribution in [0.2, 0.25) is 0 Å². The summed E-state index contributed by atoms with van der Waals surface area (Å²) in [6, 6.07) is 3.26. The Morgan fingerprint density at radius 3 is 2.50 bits per heavy atom. The molecule has 2 aromatic rings. The first kappa shape index (κ1) is 16.4. The number of amides is 1.